The zero-order valence-corrected chi connectivity index (χ0v) is 11.6. The number of aryl methyl sites for hydroxylation is 1. The molecule has 3 N–H and O–H groups in total. The van der Waals surface area contributed by atoms with E-state index in [0.717, 1.165) is 29.8 Å². The molecule has 0 bridgehead atoms. The van der Waals surface area contributed by atoms with E-state index in [-0.39, 0.29) is 11.8 Å². The molecular weight excluding hydrogens is 246 g/mol. The van der Waals surface area contributed by atoms with E-state index in [4.69, 9.17) is 5.73 Å². The van der Waals surface area contributed by atoms with E-state index in [1.807, 2.05) is 12.4 Å². The maximum absolute atomic E-state index is 12.2. The van der Waals surface area contributed by atoms with Crippen LogP contribution in [0.1, 0.15) is 36.3 Å². The standard InChI is InChI=1S/C13H21N3OS/c1-9-12(18-8-16-9)7-15-13(17)11-5-3-2-4-10(11)6-14/h8,10-11H,2-7,14H2,1H3,(H,15,17). The van der Waals surface area contributed by atoms with Gasteiger partial charge >= 0.3 is 0 Å². The highest BCUT2D eigenvalue weighted by molar-refractivity contribution is 7.09. The predicted octanol–water partition coefficient (Wildman–Crippen LogP) is 1.83. The van der Waals surface area contributed by atoms with Crippen LogP contribution in [0.5, 0.6) is 0 Å². The number of nitrogens with zero attached hydrogens (tertiary/aromatic N) is 1. The monoisotopic (exact) mass is 267 g/mol. The first-order valence-electron chi connectivity index (χ1n) is 6.59. The minimum Gasteiger partial charge on any atom is -0.351 e. The quantitative estimate of drug-likeness (QED) is 0.874. The molecule has 4 nitrogen and oxygen atoms in total. The number of hydrogen-bond donors (Lipinski definition) is 2. The molecule has 2 unspecified atom stereocenters. The second-order valence-corrected chi connectivity index (χ2v) is 5.90. The fourth-order valence-corrected chi connectivity index (χ4v) is 3.35. The van der Waals surface area contributed by atoms with E-state index in [1.54, 1.807) is 11.3 Å². The van der Waals surface area contributed by atoms with Gasteiger partial charge in [0.05, 0.1) is 17.7 Å². The molecule has 1 aliphatic rings. The van der Waals surface area contributed by atoms with Crippen LogP contribution in [0.2, 0.25) is 0 Å². The summed E-state index contributed by atoms with van der Waals surface area (Å²) in [6.07, 6.45) is 4.43. The third kappa shape index (κ3) is 3.09. The maximum Gasteiger partial charge on any atom is 0.223 e. The average Bonchev–Trinajstić information content (AvgIpc) is 2.81. The van der Waals surface area contributed by atoms with Gasteiger partial charge in [-0.25, -0.2) is 4.98 Å². The molecule has 0 spiro atoms. The molecule has 0 aromatic carbocycles. The zero-order chi connectivity index (χ0) is 13.0. The van der Waals surface area contributed by atoms with Gasteiger partial charge in [0, 0.05) is 10.8 Å². The Bertz CT molecular complexity index is 405. The summed E-state index contributed by atoms with van der Waals surface area (Å²) in [6, 6.07) is 0. The van der Waals surface area contributed by atoms with Crippen molar-refractivity contribution in [2.24, 2.45) is 17.6 Å². The molecule has 1 amide bonds. The Morgan fingerprint density at radius 2 is 2.33 bits per heavy atom. The van der Waals surface area contributed by atoms with Crippen LogP contribution in [0.3, 0.4) is 0 Å². The van der Waals surface area contributed by atoms with Gasteiger partial charge in [0.25, 0.3) is 0 Å². The molecular formula is C13H21N3OS. The van der Waals surface area contributed by atoms with Crippen LogP contribution in [0.25, 0.3) is 0 Å². The SMILES string of the molecule is Cc1ncsc1CNC(=O)C1CCCCC1CN. The Balaban J connectivity index is 1.89. The molecule has 1 fully saturated rings. The summed E-state index contributed by atoms with van der Waals surface area (Å²) in [5, 5.41) is 3.04. The molecule has 2 atom stereocenters. The summed E-state index contributed by atoms with van der Waals surface area (Å²) in [5.74, 6) is 0.635. The Morgan fingerprint density at radius 3 is 3.00 bits per heavy atom. The first kappa shape index (κ1) is 13.5. The summed E-state index contributed by atoms with van der Waals surface area (Å²) in [5.41, 5.74) is 8.59. The Kier molecular flexibility index (Phi) is 4.72. The summed E-state index contributed by atoms with van der Waals surface area (Å²) in [4.78, 5) is 17.5. The van der Waals surface area contributed by atoms with Gasteiger partial charge in [-0.15, -0.1) is 11.3 Å². The number of nitrogens with one attached hydrogen (secondary N) is 1. The minimum atomic E-state index is 0.108. The predicted molar refractivity (Wildman–Crippen MR) is 73.2 cm³/mol. The molecule has 1 aromatic rings. The van der Waals surface area contributed by atoms with Crippen LogP contribution in [0.4, 0.5) is 0 Å². The van der Waals surface area contributed by atoms with Crippen molar-refractivity contribution in [2.45, 2.75) is 39.2 Å². The van der Waals surface area contributed by atoms with Gasteiger partial charge in [-0.3, -0.25) is 4.79 Å². The third-order valence-electron chi connectivity index (χ3n) is 3.82. The van der Waals surface area contributed by atoms with Crippen LogP contribution in [0.15, 0.2) is 5.51 Å². The summed E-state index contributed by atoms with van der Waals surface area (Å²) in [6.45, 7) is 3.20. The van der Waals surface area contributed by atoms with Crippen LogP contribution in [-0.4, -0.2) is 17.4 Å². The lowest BCUT2D eigenvalue weighted by atomic mass is 9.79. The second kappa shape index (κ2) is 6.29. The van der Waals surface area contributed by atoms with Crippen molar-refractivity contribution in [3.05, 3.63) is 16.1 Å². The summed E-state index contributed by atoms with van der Waals surface area (Å²) < 4.78 is 0. The average molecular weight is 267 g/mol. The van der Waals surface area contributed by atoms with E-state index in [0.29, 0.717) is 19.0 Å². The van der Waals surface area contributed by atoms with Crippen molar-refractivity contribution in [2.75, 3.05) is 6.54 Å². The number of aromatic nitrogens is 1. The molecule has 18 heavy (non-hydrogen) atoms. The van der Waals surface area contributed by atoms with Gasteiger partial charge < -0.3 is 11.1 Å². The van der Waals surface area contributed by atoms with Crippen LogP contribution in [-0.2, 0) is 11.3 Å². The number of hydrogen-bond acceptors (Lipinski definition) is 4. The molecule has 1 saturated carbocycles. The van der Waals surface area contributed by atoms with Crippen molar-refractivity contribution in [3.63, 3.8) is 0 Å². The Morgan fingerprint density at radius 1 is 1.56 bits per heavy atom. The van der Waals surface area contributed by atoms with Crippen molar-refractivity contribution in [1.29, 1.82) is 0 Å². The van der Waals surface area contributed by atoms with E-state index in [1.165, 1.54) is 6.42 Å². The zero-order valence-electron chi connectivity index (χ0n) is 10.8. The number of nitrogens with two attached hydrogens (primary N) is 1. The summed E-state index contributed by atoms with van der Waals surface area (Å²) in [7, 11) is 0. The highest BCUT2D eigenvalue weighted by Crippen LogP contribution is 2.29. The molecule has 1 aliphatic carbocycles. The van der Waals surface area contributed by atoms with Crippen molar-refractivity contribution in [1.82, 2.24) is 10.3 Å². The summed E-state index contributed by atoms with van der Waals surface area (Å²) >= 11 is 1.59. The lowest BCUT2D eigenvalue weighted by molar-refractivity contribution is -0.127. The Labute approximate surface area is 112 Å². The molecule has 0 saturated heterocycles. The number of thiazole rings is 1. The minimum absolute atomic E-state index is 0.108. The number of carbonyl (C=O) groups excluding carboxylic acids is 1. The van der Waals surface area contributed by atoms with Crippen molar-refractivity contribution < 1.29 is 4.79 Å². The van der Waals surface area contributed by atoms with E-state index < -0.39 is 0 Å². The maximum atomic E-state index is 12.2. The van der Waals surface area contributed by atoms with Crippen molar-refractivity contribution >= 4 is 17.2 Å². The van der Waals surface area contributed by atoms with Gasteiger partial charge in [-0.2, -0.15) is 0 Å². The second-order valence-electron chi connectivity index (χ2n) is 4.97. The van der Waals surface area contributed by atoms with Gasteiger partial charge in [0.1, 0.15) is 0 Å². The first-order valence-corrected chi connectivity index (χ1v) is 7.47. The Hall–Kier alpha value is -0.940. The van der Waals surface area contributed by atoms with Crippen LogP contribution in [0, 0.1) is 18.8 Å². The molecule has 1 heterocycles. The largest absolute Gasteiger partial charge is 0.351 e. The lowest BCUT2D eigenvalue weighted by Crippen LogP contribution is -2.39. The van der Waals surface area contributed by atoms with Gasteiger partial charge in [0.15, 0.2) is 0 Å². The smallest absolute Gasteiger partial charge is 0.223 e. The number of rotatable bonds is 4. The number of carbonyl (C=O) groups is 1. The number of amides is 1. The van der Waals surface area contributed by atoms with Gasteiger partial charge in [-0.1, -0.05) is 12.8 Å². The molecule has 100 valence electrons. The molecule has 1 aromatic heterocycles. The highest BCUT2D eigenvalue weighted by Gasteiger charge is 2.29. The van der Waals surface area contributed by atoms with Crippen LogP contribution < -0.4 is 11.1 Å². The first-order chi connectivity index (χ1) is 8.72. The fourth-order valence-electron chi connectivity index (χ4n) is 2.63. The normalized spacial score (nSPS) is 23.9. The fraction of sp³-hybridized carbons (Fsp3) is 0.692. The van der Waals surface area contributed by atoms with Crippen LogP contribution >= 0.6 is 11.3 Å². The van der Waals surface area contributed by atoms with Crippen molar-refractivity contribution in [3.8, 4) is 0 Å². The molecule has 2 rings (SSSR count). The molecule has 0 aliphatic heterocycles. The molecule has 5 heteroatoms. The third-order valence-corrected chi connectivity index (χ3v) is 4.75. The van der Waals surface area contributed by atoms with E-state index in [9.17, 15) is 4.79 Å². The van der Waals surface area contributed by atoms with E-state index >= 15 is 0 Å². The highest BCUT2D eigenvalue weighted by atomic mass is 32.1. The topological polar surface area (TPSA) is 68.0 Å². The van der Waals surface area contributed by atoms with E-state index in [2.05, 4.69) is 10.3 Å². The van der Waals surface area contributed by atoms with Gasteiger partial charge in [-0.05, 0) is 32.2 Å². The van der Waals surface area contributed by atoms with Gasteiger partial charge in [0.2, 0.25) is 5.91 Å². The molecule has 0 radical (unpaired) electrons. The lowest BCUT2D eigenvalue weighted by Gasteiger charge is -2.29.